The Kier molecular flexibility index (Phi) is 7.89. The fraction of sp³-hybridized carbons (Fsp3) is 0.226. The lowest BCUT2D eigenvalue weighted by molar-refractivity contribution is -0.119. The lowest BCUT2D eigenvalue weighted by atomic mass is 10.0. The Morgan fingerprint density at radius 2 is 1.95 bits per heavy atom. The number of rotatable bonds is 8. The lowest BCUT2D eigenvalue weighted by Crippen LogP contribution is -2.39. The van der Waals surface area contributed by atoms with Gasteiger partial charge in [0.15, 0.2) is 0 Å². The highest BCUT2D eigenvalue weighted by Crippen LogP contribution is 2.23. The summed E-state index contributed by atoms with van der Waals surface area (Å²) >= 11 is 0. The highest BCUT2D eigenvalue weighted by Gasteiger charge is 2.20. The van der Waals surface area contributed by atoms with E-state index in [4.69, 9.17) is 4.74 Å². The number of hydrazone groups is 1. The Hall–Kier alpha value is -4.94. The third-order valence-corrected chi connectivity index (χ3v) is 6.35. The molecule has 0 fully saturated rings. The number of hydrogen-bond acceptors (Lipinski definition) is 6. The SMILES string of the molecule is CC(C)Oc1ccc(C#Cc2cncc(C3=NNC(=O)C3)c2)cc1C(=O)NC(CO)Cc1c[nH]c2ccccc12. The van der Waals surface area contributed by atoms with Gasteiger partial charge >= 0.3 is 0 Å². The van der Waals surface area contributed by atoms with Crippen LogP contribution in [0.5, 0.6) is 5.75 Å². The van der Waals surface area contributed by atoms with Gasteiger partial charge in [0, 0.05) is 46.2 Å². The first-order valence-corrected chi connectivity index (χ1v) is 13.0. The summed E-state index contributed by atoms with van der Waals surface area (Å²) in [5.41, 5.74) is 7.36. The molecule has 2 aromatic carbocycles. The van der Waals surface area contributed by atoms with E-state index in [-0.39, 0.29) is 30.9 Å². The molecule has 1 atom stereocenters. The van der Waals surface area contributed by atoms with E-state index in [1.54, 1.807) is 30.6 Å². The molecule has 1 aliphatic rings. The first-order chi connectivity index (χ1) is 19.4. The van der Waals surface area contributed by atoms with E-state index >= 15 is 0 Å². The molecule has 9 nitrogen and oxygen atoms in total. The predicted molar refractivity (Wildman–Crippen MR) is 152 cm³/mol. The number of fused-ring (bicyclic) bond motifs is 1. The van der Waals surface area contributed by atoms with Crippen LogP contribution in [-0.2, 0) is 11.2 Å². The molecule has 2 aromatic heterocycles. The average Bonchev–Trinajstić information content (AvgIpc) is 3.58. The maximum atomic E-state index is 13.4. The average molecular weight is 536 g/mol. The van der Waals surface area contributed by atoms with E-state index < -0.39 is 6.04 Å². The monoisotopic (exact) mass is 535 g/mol. The van der Waals surface area contributed by atoms with E-state index in [0.29, 0.717) is 34.6 Å². The number of pyridine rings is 1. The van der Waals surface area contributed by atoms with Gasteiger partial charge in [-0.1, -0.05) is 30.0 Å². The summed E-state index contributed by atoms with van der Waals surface area (Å²) in [4.78, 5) is 32.4. The van der Waals surface area contributed by atoms with E-state index in [9.17, 15) is 14.7 Å². The minimum Gasteiger partial charge on any atom is -0.490 e. The number of ether oxygens (including phenoxy) is 1. The number of benzene rings is 2. The second-order valence-corrected chi connectivity index (χ2v) is 9.78. The molecule has 4 N–H and O–H groups in total. The van der Waals surface area contributed by atoms with Crippen molar-refractivity contribution < 1.29 is 19.4 Å². The van der Waals surface area contributed by atoms with Crippen LogP contribution in [0.2, 0.25) is 0 Å². The molecule has 0 saturated heterocycles. The van der Waals surface area contributed by atoms with Crippen LogP contribution in [0.4, 0.5) is 0 Å². The van der Waals surface area contributed by atoms with Gasteiger partial charge < -0.3 is 20.1 Å². The van der Waals surface area contributed by atoms with Crippen LogP contribution in [0, 0.1) is 11.8 Å². The van der Waals surface area contributed by atoms with Gasteiger partial charge in [-0.3, -0.25) is 14.6 Å². The van der Waals surface area contributed by atoms with Gasteiger partial charge in [-0.15, -0.1) is 0 Å². The highest BCUT2D eigenvalue weighted by atomic mass is 16.5. The zero-order chi connectivity index (χ0) is 28.1. The van der Waals surface area contributed by atoms with Crippen LogP contribution in [0.25, 0.3) is 10.9 Å². The molecule has 0 spiro atoms. The number of carbonyl (C=O) groups is 2. The van der Waals surface area contributed by atoms with Gasteiger partial charge in [0.2, 0.25) is 5.91 Å². The minimum absolute atomic E-state index is 0.142. The second kappa shape index (κ2) is 11.8. The van der Waals surface area contributed by atoms with Crippen molar-refractivity contribution in [2.24, 2.45) is 5.10 Å². The number of hydrogen-bond donors (Lipinski definition) is 4. The summed E-state index contributed by atoms with van der Waals surface area (Å²) < 4.78 is 5.91. The van der Waals surface area contributed by atoms with Crippen molar-refractivity contribution >= 4 is 28.4 Å². The largest absolute Gasteiger partial charge is 0.490 e. The summed E-state index contributed by atoms with van der Waals surface area (Å²) in [5.74, 6) is 6.07. The number of aromatic amines is 1. The zero-order valence-corrected chi connectivity index (χ0v) is 22.2. The van der Waals surface area contributed by atoms with Crippen LogP contribution >= 0.6 is 0 Å². The molecule has 0 radical (unpaired) electrons. The number of nitrogens with one attached hydrogen (secondary N) is 3. The molecular formula is C31H29N5O4. The van der Waals surface area contributed by atoms with Crippen LogP contribution in [0.1, 0.15) is 52.9 Å². The van der Waals surface area contributed by atoms with Gasteiger partial charge in [0.1, 0.15) is 5.75 Å². The highest BCUT2D eigenvalue weighted by molar-refractivity contribution is 6.13. The maximum absolute atomic E-state index is 13.4. The fourth-order valence-electron chi connectivity index (χ4n) is 4.47. The molecule has 3 heterocycles. The fourth-order valence-corrected chi connectivity index (χ4v) is 4.47. The van der Waals surface area contributed by atoms with Gasteiger partial charge in [-0.25, -0.2) is 5.43 Å². The third kappa shape index (κ3) is 6.20. The van der Waals surface area contributed by atoms with E-state index in [0.717, 1.165) is 22.0 Å². The smallest absolute Gasteiger partial charge is 0.255 e. The van der Waals surface area contributed by atoms with E-state index in [2.05, 4.69) is 37.7 Å². The first kappa shape index (κ1) is 26.7. The zero-order valence-electron chi connectivity index (χ0n) is 22.2. The molecule has 0 saturated carbocycles. The third-order valence-electron chi connectivity index (χ3n) is 6.35. The summed E-state index contributed by atoms with van der Waals surface area (Å²) in [5, 5.41) is 18.1. The van der Waals surface area contributed by atoms with Gasteiger partial charge in [-0.2, -0.15) is 5.10 Å². The predicted octanol–water partition coefficient (Wildman–Crippen LogP) is 3.31. The van der Waals surface area contributed by atoms with Gasteiger partial charge in [0.25, 0.3) is 5.91 Å². The summed E-state index contributed by atoms with van der Waals surface area (Å²) in [6.07, 6.45) is 5.68. The quantitative estimate of drug-likeness (QED) is 0.257. The summed E-state index contributed by atoms with van der Waals surface area (Å²) in [6.45, 7) is 3.56. The molecule has 4 aromatic rings. The minimum atomic E-state index is -0.498. The Balaban J connectivity index is 1.37. The first-order valence-electron chi connectivity index (χ1n) is 13.0. The molecule has 202 valence electrons. The van der Waals surface area contributed by atoms with Crippen molar-refractivity contribution in [1.82, 2.24) is 20.7 Å². The molecule has 0 bridgehead atoms. The number of aliphatic hydroxyl groups is 1. The van der Waals surface area contributed by atoms with E-state index in [1.165, 1.54) is 0 Å². The molecule has 2 amide bonds. The Labute approximate surface area is 231 Å². The molecule has 1 unspecified atom stereocenters. The maximum Gasteiger partial charge on any atom is 0.255 e. The van der Waals surface area contributed by atoms with Crippen LogP contribution < -0.4 is 15.5 Å². The van der Waals surface area contributed by atoms with E-state index in [1.807, 2.05) is 50.4 Å². The Bertz CT molecular complexity index is 1660. The topological polar surface area (TPSA) is 129 Å². The Morgan fingerprint density at radius 3 is 2.73 bits per heavy atom. The van der Waals surface area contributed by atoms with Crippen LogP contribution in [0.3, 0.4) is 0 Å². The van der Waals surface area contributed by atoms with Gasteiger partial charge in [-0.05, 0) is 56.2 Å². The summed E-state index contributed by atoms with van der Waals surface area (Å²) in [7, 11) is 0. The number of para-hydroxylation sites is 1. The molecule has 0 aliphatic carbocycles. The summed E-state index contributed by atoms with van der Waals surface area (Å²) in [6, 6.07) is 14.4. The second-order valence-electron chi connectivity index (χ2n) is 9.78. The van der Waals surface area contributed by atoms with Crippen molar-refractivity contribution in [3.8, 4) is 17.6 Å². The number of nitrogens with zero attached hydrogens (tertiary/aromatic N) is 2. The number of H-pyrrole nitrogens is 1. The molecule has 5 rings (SSSR count). The van der Waals surface area contributed by atoms with Crippen molar-refractivity contribution in [3.05, 3.63) is 94.9 Å². The molecule has 1 aliphatic heterocycles. The van der Waals surface area contributed by atoms with Crippen molar-refractivity contribution in [3.63, 3.8) is 0 Å². The standard InChI is InChI=1S/C31H29N5O4/c1-19(2)40-29-10-9-20(7-8-21-11-23(16-32-15-21)28-14-30(38)36-35-28)12-26(29)31(39)34-24(18-37)13-22-17-33-27-6-4-3-5-25(22)27/h3-6,9-12,15-17,19,24,33,37H,13-14,18H2,1-2H3,(H,34,39)(H,36,38). The van der Waals surface area contributed by atoms with Crippen molar-refractivity contribution in [2.45, 2.75) is 38.8 Å². The number of amides is 2. The number of aromatic nitrogens is 2. The number of aliphatic hydroxyl groups excluding tert-OH is 1. The Morgan fingerprint density at radius 1 is 1.12 bits per heavy atom. The molecular weight excluding hydrogens is 506 g/mol. The van der Waals surface area contributed by atoms with Gasteiger partial charge in [0.05, 0.1) is 36.4 Å². The van der Waals surface area contributed by atoms with Crippen LogP contribution in [0.15, 0.2) is 72.2 Å². The normalized spacial score (nSPS) is 13.4. The van der Waals surface area contributed by atoms with Crippen molar-refractivity contribution in [2.75, 3.05) is 6.61 Å². The number of carbonyl (C=O) groups excluding carboxylic acids is 2. The molecule has 9 heteroatoms. The molecule has 40 heavy (non-hydrogen) atoms. The van der Waals surface area contributed by atoms with Crippen molar-refractivity contribution in [1.29, 1.82) is 0 Å². The van der Waals surface area contributed by atoms with Crippen LogP contribution in [-0.4, -0.2) is 51.4 Å². The lowest BCUT2D eigenvalue weighted by Gasteiger charge is -2.19.